The average molecular weight is 386 g/mol. The lowest BCUT2D eigenvalue weighted by Gasteiger charge is -2.27. The van der Waals surface area contributed by atoms with Gasteiger partial charge in [-0.15, -0.1) is 0 Å². The van der Waals surface area contributed by atoms with Crippen molar-refractivity contribution in [3.8, 4) is 0 Å². The minimum Gasteiger partial charge on any atom is -0.444 e. The molecule has 1 aromatic heterocycles. The van der Waals surface area contributed by atoms with Crippen molar-refractivity contribution < 1.29 is 23.6 Å². The average Bonchev–Trinajstić information content (AvgIpc) is 2.86. The Hall–Kier alpha value is -2.23. The van der Waals surface area contributed by atoms with E-state index in [9.17, 15) is 14.9 Å². The lowest BCUT2D eigenvalue weighted by atomic mass is 9.91. The summed E-state index contributed by atoms with van der Waals surface area (Å²) in [6.07, 6.45) is 0.583. The second-order valence-electron chi connectivity index (χ2n) is 7.83. The summed E-state index contributed by atoms with van der Waals surface area (Å²) in [4.78, 5) is 22.7. The Morgan fingerprint density at radius 2 is 2.07 bits per heavy atom. The Bertz CT molecular complexity index is 702. The fourth-order valence-electron chi connectivity index (χ4n) is 3.49. The molecule has 10 heteroatoms. The molecule has 0 saturated heterocycles. The SMILES string of the molecule is COC1CCC(F)(c2c([N+](=O)[O-])cnn2C)CCC1NC(=O)OC(C)(C)C. The minimum absolute atomic E-state index is 0.00625. The number of hydrogen-bond donors (Lipinski definition) is 1. The van der Waals surface area contributed by atoms with Gasteiger partial charge in [0.15, 0.2) is 11.4 Å². The highest BCUT2D eigenvalue weighted by Gasteiger charge is 2.45. The van der Waals surface area contributed by atoms with Crippen LogP contribution in [0.1, 0.15) is 52.1 Å². The molecule has 152 valence electrons. The highest BCUT2D eigenvalue weighted by molar-refractivity contribution is 5.68. The molecule has 0 radical (unpaired) electrons. The summed E-state index contributed by atoms with van der Waals surface area (Å²) < 4.78 is 27.7. The van der Waals surface area contributed by atoms with Gasteiger partial charge < -0.3 is 14.8 Å². The maximum Gasteiger partial charge on any atom is 0.407 e. The van der Waals surface area contributed by atoms with E-state index >= 15 is 4.39 Å². The number of aryl methyl sites for hydroxylation is 1. The summed E-state index contributed by atoms with van der Waals surface area (Å²) in [5.74, 6) is 0. The molecular formula is C17H27FN4O5. The quantitative estimate of drug-likeness (QED) is 0.484. The van der Waals surface area contributed by atoms with E-state index in [1.54, 1.807) is 20.8 Å². The van der Waals surface area contributed by atoms with Gasteiger partial charge in [-0.25, -0.2) is 9.18 Å². The molecule has 1 aliphatic carbocycles. The van der Waals surface area contributed by atoms with E-state index in [4.69, 9.17) is 9.47 Å². The first kappa shape index (κ1) is 21.1. The van der Waals surface area contributed by atoms with Gasteiger partial charge in [0.25, 0.3) is 0 Å². The van der Waals surface area contributed by atoms with Crippen molar-refractivity contribution in [2.75, 3.05) is 7.11 Å². The van der Waals surface area contributed by atoms with Crippen molar-refractivity contribution in [3.05, 3.63) is 22.0 Å². The highest BCUT2D eigenvalue weighted by Crippen LogP contribution is 2.43. The molecular weight excluding hydrogens is 359 g/mol. The van der Waals surface area contributed by atoms with E-state index < -0.39 is 34.4 Å². The predicted octanol–water partition coefficient (Wildman–Crippen LogP) is 2.98. The first-order chi connectivity index (χ1) is 12.5. The van der Waals surface area contributed by atoms with Crippen LogP contribution in [0.3, 0.4) is 0 Å². The summed E-state index contributed by atoms with van der Waals surface area (Å²) in [6.45, 7) is 5.25. The van der Waals surface area contributed by atoms with E-state index in [0.29, 0.717) is 0 Å². The molecule has 3 atom stereocenters. The molecule has 3 unspecified atom stereocenters. The molecule has 1 amide bonds. The van der Waals surface area contributed by atoms with Crippen LogP contribution < -0.4 is 5.32 Å². The van der Waals surface area contributed by atoms with Crippen molar-refractivity contribution in [1.29, 1.82) is 0 Å². The zero-order chi connectivity index (χ0) is 20.4. The third kappa shape index (κ3) is 4.94. The monoisotopic (exact) mass is 386 g/mol. The molecule has 27 heavy (non-hydrogen) atoms. The standard InChI is InChI=1S/C17H27FN4O5/c1-16(2,3)27-15(23)20-11-6-8-17(18,9-7-13(11)26-5)14-12(22(24)25)10-19-21(14)4/h10-11,13H,6-9H2,1-5H3,(H,20,23). The topological polar surface area (TPSA) is 109 Å². The number of hydrogen-bond acceptors (Lipinski definition) is 6. The first-order valence-corrected chi connectivity index (χ1v) is 8.85. The smallest absolute Gasteiger partial charge is 0.407 e. The van der Waals surface area contributed by atoms with Crippen LogP contribution in [-0.2, 0) is 22.2 Å². The Kier molecular flexibility index (Phi) is 6.08. The van der Waals surface area contributed by atoms with Crippen LogP contribution in [0, 0.1) is 10.1 Å². The van der Waals surface area contributed by atoms with E-state index in [0.717, 1.165) is 6.20 Å². The van der Waals surface area contributed by atoms with Crippen LogP contribution >= 0.6 is 0 Å². The predicted molar refractivity (Wildman–Crippen MR) is 95.1 cm³/mol. The lowest BCUT2D eigenvalue weighted by molar-refractivity contribution is -0.386. The maximum absolute atomic E-state index is 15.8. The third-order valence-corrected chi connectivity index (χ3v) is 4.67. The number of nitrogens with one attached hydrogen (secondary N) is 1. The molecule has 0 aromatic carbocycles. The molecule has 1 heterocycles. The van der Waals surface area contributed by atoms with Gasteiger partial charge in [-0.05, 0) is 46.5 Å². The van der Waals surface area contributed by atoms with Crippen LogP contribution in [0.4, 0.5) is 14.9 Å². The van der Waals surface area contributed by atoms with Gasteiger partial charge in [-0.2, -0.15) is 5.10 Å². The Morgan fingerprint density at radius 3 is 2.63 bits per heavy atom. The second kappa shape index (κ2) is 7.79. The number of alkyl carbamates (subject to hydrolysis) is 1. The van der Waals surface area contributed by atoms with Gasteiger partial charge in [0.1, 0.15) is 11.8 Å². The van der Waals surface area contributed by atoms with Crippen molar-refractivity contribution in [1.82, 2.24) is 15.1 Å². The van der Waals surface area contributed by atoms with E-state index in [-0.39, 0.29) is 37.1 Å². The van der Waals surface area contributed by atoms with Gasteiger partial charge in [0.05, 0.1) is 17.1 Å². The maximum atomic E-state index is 15.8. The van der Waals surface area contributed by atoms with E-state index in [1.165, 1.54) is 18.8 Å². The van der Waals surface area contributed by atoms with Gasteiger partial charge in [-0.3, -0.25) is 14.8 Å². The molecule has 1 fully saturated rings. The molecule has 1 aromatic rings. The van der Waals surface area contributed by atoms with E-state index in [2.05, 4.69) is 10.4 Å². The number of alkyl halides is 1. The van der Waals surface area contributed by atoms with Crippen molar-refractivity contribution in [2.24, 2.45) is 7.05 Å². The summed E-state index contributed by atoms with van der Waals surface area (Å²) >= 11 is 0. The lowest BCUT2D eigenvalue weighted by Crippen LogP contribution is -2.45. The molecule has 0 bridgehead atoms. The largest absolute Gasteiger partial charge is 0.444 e. The molecule has 0 spiro atoms. The molecule has 1 aliphatic rings. The number of ether oxygens (including phenoxy) is 2. The van der Waals surface area contributed by atoms with Crippen LogP contribution in [0.25, 0.3) is 0 Å². The molecule has 1 N–H and O–H groups in total. The Morgan fingerprint density at radius 1 is 1.44 bits per heavy atom. The number of carbonyl (C=O) groups is 1. The molecule has 9 nitrogen and oxygen atoms in total. The number of nitro groups is 1. The fraction of sp³-hybridized carbons (Fsp3) is 0.765. The Balaban J connectivity index is 2.21. The van der Waals surface area contributed by atoms with Gasteiger partial charge in [0, 0.05) is 14.2 Å². The van der Waals surface area contributed by atoms with Crippen molar-refractivity contribution in [3.63, 3.8) is 0 Å². The highest BCUT2D eigenvalue weighted by atomic mass is 19.1. The zero-order valence-corrected chi connectivity index (χ0v) is 16.3. The number of halogens is 1. The summed E-state index contributed by atoms with van der Waals surface area (Å²) in [6, 6.07) is -0.463. The summed E-state index contributed by atoms with van der Waals surface area (Å²) in [7, 11) is 2.98. The van der Waals surface area contributed by atoms with Crippen LogP contribution in [0.2, 0.25) is 0 Å². The Labute approximate surface area is 157 Å². The van der Waals surface area contributed by atoms with Crippen molar-refractivity contribution in [2.45, 2.75) is 69.9 Å². The minimum atomic E-state index is -1.94. The van der Waals surface area contributed by atoms with Crippen molar-refractivity contribution >= 4 is 11.8 Å². The molecule has 2 rings (SSSR count). The zero-order valence-electron chi connectivity index (χ0n) is 16.3. The number of amides is 1. The first-order valence-electron chi connectivity index (χ1n) is 8.85. The van der Waals surface area contributed by atoms with Crippen LogP contribution in [0.5, 0.6) is 0 Å². The summed E-state index contributed by atoms with van der Waals surface area (Å²) in [5.41, 5.74) is -2.99. The second-order valence-corrected chi connectivity index (χ2v) is 7.83. The number of nitrogens with zero attached hydrogens (tertiary/aromatic N) is 3. The normalized spacial score (nSPS) is 26.3. The number of rotatable bonds is 4. The van der Waals surface area contributed by atoms with Gasteiger partial charge >= 0.3 is 11.8 Å². The van der Waals surface area contributed by atoms with Gasteiger partial charge in [0.2, 0.25) is 0 Å². The molecule has 1 saturated carbocycles. The van der Waals surface area contributed by atoms with Crippen LogP contribution in [-0.4, -0.2) is 45.7 Å². The van der Waals surface area contributed by atoms with Gasteiger partial charge in [-0.1, -0.05) is 0 Å². The third-order valence-electron chi connectivity index (χ3n) is 4.67. The van der Waals surface area contributed by atoms with Crippen LogP contribution in [0.15, 0.2) is 6.20 Å². The molecule has 0 aliphatic heterocycles. The number of methoxy groups -OCH3 is 1. The fourth-order valence-corrected chi connectivity index (χ4v) is 3.49. The van der Waals surface area contributed by atoms with E-state index in [1.807, 2.05) is 0 Å². The summed E-state index contributed by atoms with van der Waals surface area (Å²) in [5, 5.41) is 17.8. The number of carbonyl (C=O) groups excluding carboxylic acids is 1. The number of aromatic nitrogens is 2.